The van der Waals surface area contributed by atoms with Crippen LogP contribution in [0.2, 0.25) is 0 Å². The van der Waals surface area contributed by atoms with Gasteiger partial charge in [-0.2, -0.15) is 5.26 Å². The third-order valence-corrected chi connectivity index (χ3v) is 5.06. The van der Waals surface area contributed by atoms with E-state index in [0.717, 1.165) is 0 Å². The number of hydrogen-bond acceptors (Lipinski definition) is 7. The third kappa shape index (κ3) is 5.46. The second kappa shape index (κ2) is 11.0. The minimum Gasteiger partial charge on any atom is -0.494 e. The first-order chi connectivity index (χ1) is 15.5. The van der Waals surface area contributed by atoms with Crippen LogP contribution in [0.1, 0.15) is 36.7 Å². The van der Waals surface area contributed by atoms with Crippen LogP contribution in [-0.4, -0.2) is 55.0 Å². The molecule has 0 radical (unpaired) electrons. The predicted octanol–water partition coefficient (Wildman–Crippen LogP) is 2.77. The van der Waals surface area contributed by atoms with Crippen molar-refractivity contribution in [3.8, 4) is 11.8 Å². The normalized spacial score (nSPS) is 15.1. The van der Waals surface area contributed by atoms with E-state index in [9.17, 15) is 14.4 Å². The summed E-state index contributed by atoms with van der Waals surface area (Å²) >= 11 is 0. The van der Waals surface area contributed by atoms with Gasteiger partial charge in [0.1, 0.15) is 11.8 Å². The summed E-state index contributed by atoms with van der Waals surface area (Å²) in [5.74, 6) is -0.662. The number of furan rings is 1. The highest BCUT2D eigenvalue weighted by molar-refractivity contribution is 5.97. The largest absolute Gasteiger partial charge is 0.494 e. The molecule has 1 saturated heterocycles. The van der Waals surface area contributed by atoms with E-state index >= 15 is 0 Å². The van der Waals surface area contributed by atoms with E-state index in [2.05, 4.69) is 0 Å². The SMILES string of the molecule is CCOc1ccc(N(CCC#N)C(=O)COC(=O)C2CCCN2C(=O)c2ccco2)cc1. The molecular weight excluding hydrogens is 414 g/mol. The first-order valence-corrected chi connectivity index (χ1v) is 10.5. The number of carbonyl (C=O) groups excluding carboxylic acids is 3. The first kappa shape index (κ1) is 22.9. The summed E-state index contributed by atoms with van der Waals surface area (Å²) in [6.45, 7) is 2.48. The van der Waals surface area contributed by atoms with Crippen molar-refractivity contribution < 1.29 is 28.3 Å². The van der Waals surface area contributed by atoms with Gasteiger partial charge in [0, 0.05) is 18.8 Å². The number of rotatable bonds is 9. The van der Waals surface area contributed by atoms with E-state index in [0.29, 0.717) is 37.4 Å². The van der Waals surface area contributed by atoms with Gasteiger partial charge in [-0.15, -0.1) is 0 Å². The van der Waals surface area contributed by atoms with Gasteiger partial charge in [0.15, 0.2) is 12.4 Å². The third-order valence-electron chi connectivity index (χ3n) is 5.06. The smallest absolute Gasteiger partial charge is 0.329 e. The topological polar surface area (TPSA) is 113 Å². The molecule has 0 N–H and O–H groups in total. The van der Waals surface area contributed by atoms with Gasteiger partial charge in [-0.3, -0.25) is 9.59 Å². The van der Waals surface area contributed by atoms with Crippen molar-refractivity contribution in [3.05, 3.63) is 48.4 Å². The molecule has 9 nitrogen and oxygen atoms in total. The van der Waals surface area contributed by atoms with E-state index in [1.165, 1.54) is 22.1 Å². The van der Waals surface area contributed by atoms with Gasteiger partial charge in [0.2, 0.25) is 0 Å². The highest BCUT2D eigenvalue weighted by Gasteiger charge is 2.37. The van der Waals surface area contributed by atoms with Crippen molar-refractivity contribution >= 4 is 23.5 Å². The van der Waals surface area contributed by atoms with Crippen LogP contribution in [0.4, 0.5) is 5.69 Å². The molecule has 9 heteroatoms. The maximum absolute atomic E-state index is 12.8. The zero-order valence-corrected chi connectivity index (χ0v) is 17.9. The Kier molecular flexibility index (Phi) is 7.86. The Morgan fingerprint density at radius 1 is 1.25 bits per heavy atom. The molecule has 32 heavy (non-hydrogen) atoms. The van der Waals surface area contributed by atoms with Crippen molar-refractivity contribution in [1.29, 1.82) is 5.26 Å². The average molecular weight is 439 g/mol. The lowest BCUT2D eigenvalue weighted by Crippen LogP contribution is -2.43. The lowest BCUT2D eigenvalue weighted by atomic mass is 10.2. The molecule has 1 unspecified atom stereocenters. The monoisotopic (exact) mass is 439 g/mol. The number of hydrogen-bond donors (Lipinski definition) is 0. The summed E-state index contributed by atoms with van der Waals surface area (Å²) in [4.78, 5) is 40.8. The second-order valence-corrected chi connectivity index (χ2v) is 7.12. The van der Waals surface area contributed by atoms with Gasteiger partial charge >= 0.3 is 5.97 Å². The van der Waals surface area contributed by atoms with E-state index in [-0.39, 0.29) is 24.6 Å². The Morgan fingerprint density at radius 3 is 2.69 bits per heavy atom. The molecule has 0 bridgehead atoms. The molecule has 1 aromatic heterocycles. The lowest BCUT2D eigenvalue weighted by molar-refractivity contribution is -0.151. The number of carbonyl (C=O) groups is 3. The van der Waals surface area contributed by atoms with Crippen LogP contribution in [0.3, 0.4) is 0 Å². The fourth-order valence-corrected chi connectivity index (χ4v) is 3.55. The molecular formula is C23H25N3O6. The van der Waals surface area contributed by atoms with Gasteiger partial charge < -0.3 is 23.7 Å². The molecule has 168 valence electrons. The van der Waals surface area contributed by atoms with Crippen LogP contribution in [0.15, 0.2) is 47.1 Å². The minimum atomic E-state index is -0.765. The zero-order valence-electron chi connectivity index (χ0n) is 17.9. The van der Waals surface area contributed by atoms with Crippen molar-refractivity contribution in [2.45, 2.75) is 32.2 Å². The maximum Gasteiger partial charge on any atom is 0.329 e. The number of esters is 1. The van der Waals surface area contributed by atoms with Gasteiger partial charge in [-0.05, 0) is 56.2 Å². The Balaban J connectivity index is 1.62. The van der Waals surface area contributed by atoms with Gasteiger partial charge in [-0.25, -0.2) is 4.79 Å². The molecule has 1 aromatic carbocycles. The molecule has 2 heterocycles. The van der Waals surface area contributed by atoms with Crippen LogP contribution in [0.25, 0.3) is 0 Å². The van der Waals surface area contributed by atoms with Gasteiger partial charge in [0.25, 0.3) is 11.8 Å². The summed E-state index contributed by atoms with van der Waals surface area (Å²) in [5, 5.41) is 8.94. The van der Waals surface area contributed by atoms with Crippen LogP contribution in [0.5, 0.6) is 5.75 Å². The Morgan fingerprint density at radius 2 is 2.03 bits per heavy atom. The van der Waals surface area contributed by atoms with Crippen LogP contribution >= 0.6 is 0 Å². The Bertz CT molecular complexity index is 965. The van der Waals surface area contributed by atoms with E-state index < -0.39 is 24.5 Å². The van der Waals surface area contributed by atoms with Crippen molar-refractivity contribution in [3.63, 3.8) is 0 Å². The highest BCUT2D eigenvalue weighted by Crippen LogP contribution is 2.23. The standard InChI is InChI=1S/C23H25N3O6/c1-2-30-18-10-8-17(9-11-18)25(14-5-12-24)21(27)16-32-23(29)19-6-3-13-26(19)22(28)20-7-4-15-31-20/h4,7-11,15,19H,2-3,5-6,13-14,16H2,1H3. The Labute approximate surface area is 186 Å². The lowest BCUT2D eigenvalue weighted by Gasteiger charge is -2.24. The maximum atomic E-state index is 12.8. The molecule has 2 amide bonds. The fraction of sp³-hybridized carbons (Fsp3) is 0.391. The van der Waals surface area contributed by atoms with Crippen LogP contribution < -0.4 is 9.64 Å². The molecule has 3 rings (SSSR count). The first-order valence-electron chi connectivity index (χ1n) is 10.5. The quantitative estimate of drug-likeness (QED) is 0.552. The van der Waals surface area contributed by atoms with Crippen LogP contribution in [0, 0.1) is 11.3 Å². The minimum absolute atomic E-state index is 0.126. The van der Waals surface area contributed by atoms with E-state index in [4.69, 9.17) is 19.2 Å². The summed E-state index contributed by atoms with van der Waals surface area (Å²) in [6, 6.07) is 11.3. The molecule has 0 saturated carbocycles. The molecule has 1 fully saturated rings. The van der Waals surface area contributed by atoms with Gasteiger partial charge in [-0.1, -0.05) is 0 Å². The second-order valence-electron chi connectivity index (χ2n) is 7.12. The van der Waals surface area contributed by atoms with E-state index in [1.807, 2.05) is 13.0 Å². The summed E-state index contributed by atoms with van der Waals surface area (Å²) in [7, 11) is 0. The van der Waals surface area contributed by atoms with Crippen LogP contribution in [-0.2, 0) is 14.3 Å². The number of nitriles is 1. The van der Waals surface area contributed by atoms with Crippen molar-refractivity contribution in [2.24, 2.45) is 0 Å². The molecule has 2 aromatic rings. The number of anilines is 1. The van der Waals surface area contributed by atoms with Crippen molar-refractivity contribution in [1.82, 2.24) is 4.90 Å². The summed E-state index contributed by atoms with van der Waals surface area (Å²) in [5.41, 5.74) is 0.570. The fourth-order valence-electron chi connectivity index (χ4n) is 3.55. The predicted molar refractivity (Wildman–Crippen MR) is 114 cm³/mol. The number of amides is 2. The number of nitrogens with zero attached hydrogens (tertiary/aromatic N) is 3. The highest BCUT2D eigenvalue weighted by atomic mass is 16.5. The van der Waals surface area contributed by atoms with Gasteiger partial charge in [0.05, 0.1) is 25.4 Å². The molecule has 1 aliphatic heterocycles. The van der Waals surface area contributed by atoms with Crippen molar-refractivity contribution in [2.75, 3.05) is 31.2 Å². The average Bonchev–Trinajstić information content (AvgIpc) is 3.51. The number of ether oxygens (including phenoxy) is 2. The molecule has 1 atom stereocenters. The Hall–Kier alpha value is -3.80. The molecule has 0 spiro atoms. The summed E-state index contributed by atoms with van der Waals surface area (Å²) < 4.78 is 15.8. The number of benzene rings is 1. The molecule has 1 aliphatic rings. The zero-order chi connectivity index (χ0) is 22.9. The number of likely N-dealkylation sites (tertiary alicyclic amines) is 1. The summed E-state index contributed by atoms with van der Waals surface area (Å²) in [6.07, 6.45) is 2.63. The van der Waals surface area contributed by atoms with E-state index in [1.54, 1.807) is 30.3 Å². The molecule has 0 aliphatic carbocycles.